The molecule has 1 aliphatic carbocycles. The van der Waals surface area contributed by atoms with Crippen LogP contribution >= 0.6 is 0 Å². The first-order valence-electron chi connectivity index (χ1n) is 6.14. The first-order valence-corrected chi connectivity index (χ1v) is 6.14. The molecule has 0 atom stereocenters. The molecule has 0 aliphatic heterocycles. The third-order valence-electron chi connectivity index (χ3n) is 3.07. The molecule has 0 saturated heterocycles. The van der Waals surface area contributed by atoms with Crippen LogP contribution in [0.4, 0.5) is 5.82 Å². The molecular weight excluding hydrogens is 218 g/mol. The summed E-state index contributed by atoms with van der Waals surface area (Å²) in [6.45, 7) is 1.26. The van der Waals surface area contributed by atoms with E-state index in [1.165, 1.54) is 30.3 Å². The number of anilines is 1. The summed E-state index contributed by atoms with van der Waals surface area (Å²) >= 11 is 0. The number of hydrogen-bond acceptors (Lipinski definition) is 4. The van der Waals surface area contributed by atoms with Gasteiger partial charge in [-0.2, -0.15) is 0 Å². The molecule has 0 spiro atoms. The molecule has 5 heteroatoms. The molecule has 1 aliphatic rings. The summed E-state index contributed by atoms with van der Waals surface area (Å²) < 4.78 is 7.20. The maximum absolute atomic E-state index is 11.6. The summed E-state index contributed by atoms with van der Waals surface area (Å²) in [5, 5.41) is 3.01. The van der Waals surface area contributed by atoms with Crippen LogP contribution in [0.5, 0.6) is 0 Å². The number of nitrogens with zero attached hydrogens (tertiary/aromatic N) is 2. The van der Waals surface area contributed by atoms with E-state index in [0.29, 0.717) is 25.1 Å². The molecule has 0 unspecified atom stereocenters. The maximum Gasteiger partial charge on any atom is 0.293 e. The third kappa shape index (κ3) is 3.30. The standard InChI is InChI=1S/C12H19N3O2/c1-15-8-6-13-11(12(15)16)14-7-9-17-10-4-2-3-5-10/h6,8,10H,2-5,7,9H2,1H3,(H,13,14). The van der Waals surface area contributed by atoms with E-state index in [2.05, 4.69) is 10.3 Å². The second-order valence-corrected chi connectivity index (χ2v) is 4.40. The van der Waals surface area contributed by atoms with Crippen LogP contribution in [0.15, 0.2) is 17.2 Å². The molecule has 1 aromatic rings. The Morgan fingerprint density at radius 3 is 3.06 bits per heavy atom. The number of aryl methyl sites for hydroxylation is 1. The topological polar surface area (TPSA) is 56.1 Å². The van der Waals surface area contributed by atoms with E-state index in [0.717, 1.165) is 0 Å². The van der Waals surface area contributed by atoms with Gasteiger partial charge in [-0.15, -0.1) is 0 Å². The minimum atomic E-state index is -0.103. The normalized spacial score (nSPS) is 16.3. The molecule has 0 aromatic carbocycles. The fourth-order valence-electron chi connectivity index (χ4n) is 2.07. The summed E-state index contributed by atoms with van der Waals surface area (Å²) in [6, 6.07) is 0. The van der Waals surface area contributed by atoms with E-state index < -0.39 is 0 Å². The number of rotatable bonds is 5. The fourth-order valence-corrected chi connectivity index (χ4v) is 2.07. The van der Waals surface area contributed by atoms with E-state index in [9.17, 15) is 4.79 Å². The van der Waals surface area contributed by atoms with Crippen LogP contribution in [-0.4, -0.2) is 28.8 Å². The average Bonchev–Trinajstić information content (AvgIpc) is 2.83. The van der Waals surface area contributed by atoms with Crippen molar-refractivity contribution in [2.75, 3.05) is 18.5 Å². The SMILES string of the molecule is Cn1ccnc(NCCOC2CCCC2)c1=O. The lowest BCUT2D eigenvalue weighted by Gasteiger charge is -2.11. The van der Waals surface area contributed by atoms with Gasteiger partial charge in [-0.05, 0) is 12.8 Å². The van der Waals surface area contributed by atoms with Gasteiger partial charge in [0.25, 0.3) is 5.56 Å². The molecular formula is C12H19N3O2. The van der Waals surface area contributed by atoms with Crippen LogP contribution in [0.1, 0.15) is 25.7 Å². The summed E-state index contributed by atoms with van der Waals surface area (Å²) in [7, 11) is 1.71. The molecule has 0 amide bonds. The van der Waals surface area contributed by atoms with Crippen LogP contribution in [0.25, 0.3) is 0 Å². The fraction of sp³-hybridized carbons (Fsp3) is 0.667. The van der Waals surface area contributed by atoms with Crippen molar-refractivity contribution >= 4 is 5.82 Å². The molecule has 1 heterocycles. The van der Waals surface area contributed by atoms with Crippen LogP contribution < -0.4 is 10.9 Å². The van der Waals surface area contributed by atoms with Gasteiger partial charge in [0, 0.05) is 26.0 Å². The Balaban J connectivity index is 1.74. The van der Waals surface area contributed by atoms with Crippen molar-refractivity contribution in [1.29, 1.82) is 0 Å². The average molecular weight is 237 g/mol. The molecule has 1 aromatic heterocycles. The van der Waals surface area contributed by atoms with Crippen molar-refractivity contribution in [2.45, 2.75) is 31.8 Å². The van der Waals surface area contributed by atoms with Gasteiger partial charge in [0.05, 0.1) is 12.7 Å². The van der Waals surface area contributed by atoms with Crippen LogP contribution in [0.3, 0.4) is 0 Å². The molecule has 1 fully saturated rings. The zero-order valence-corrected chi connectivity index (χ0v) is 10.2. The van der Waals surface area contributed by atoms with Gasteiger partial charge in [0.15, 0.2) is 5.82 Å². The Labute approximate surface area is 101 Å². The Hall–Kier alpha value is -1.36. The Kier molecular flexibility index (Phi) is 4.14. The molecule has 2 rings (SSSR count). The van der Waals surface area contributed by atoms with Crippen molar-refractivity contribution in [3.05, 3.63) is 22.7 Å². The Bertz CT molecular complexity index is 410. The van der Waals surface area contributed by atoms with E-state index in [1.54, 1.807) is 19.4 Å². The first kappa shape index (κ1) is 12.1. The second kappa shape index (κ2) is 5.82. The zero-order valence-electron chi connectivity index (χ0n) is 10.2. The summed E-state index contributed by atoms with van der Waals surface area (Å²) in [5.41, 5.74) is -0.103. The Morgan fingerprint density at radius 1 is 1.53 bits per heavy atom. The van der Waals surface area contributed by atoms with Gasteiger partial charge in [-0.25, -0.2) is 4.98 Å². The van der Waals surface area contributed by atoms with Gasteiger partial charge in [-0.3, -0.25) is 4.79 Å². The van der Waals surface area contributed by atoms with Gasteiger partial charge < -0.3 is 14.6 Å². The minimum Gasteiger partial charge on any atom is -0.376 e. The second-order valence-electron chi connectivity index (χ2n) is 4.40. The van der Waals surface area contributed by atoms with Crippen molar-refractivity contribution in [2.24, 2.45) is 7.05 Å². The molecule has 1 saturated carbocycles. The highest BCUT2D eigenvalue weighted by Gasteiger charge is 2.14. The maximum atomic E-state index is 11.6. The lowest BCUT2D eigenvalue weighted by atomic mass is 10.3. The monoisotopic (exact) mass is 237 g/mol. The molecule has 0 radical (unpaired) electrons. The summed E-state index contributed by atoms with van der Waals surface area (Å²) in [6.07, 6.45) is 8.57. The van der Waals surface area contributed by atoms with Crippen LogP contribution in [0, 0.1) is 0 Å². The number of hydrogen-bond donors (Lipinski definition) is 1. The largest absolute Gasteiger partial charge is 0.376 e. The molecule has 5 nitrogen and oxygen atoms in total. The quantitative estimate of drug-likeness (QED) is 0.781. The summed E-state index contributed by atoms with van der Waals surface area (Å²) in [4.78, 5) is 15.6. The van der Waals surface area contributed by atoms with E-state index in [1.807, 2.05) is 0 Å². The lowest BCUT2D eigenvalue weighted by molar-refractivity contribution is 0.0658. The number of aromatic nitrogens is 2. The number of ether oxygens (including phenoxy) is 1. The summed E-state index contributed by atoms with van der Waals surface area (Å²) in [5.74, 6) is 0.394. The zero-order chi connectivity index (χ0) is 12.1. The highest BCUT2D eigenvalue weighted by molar-refractivity contribution is 5.30. The van der Waals surface area contributed by atoms with Crippen molar-refractivity contribution in [3.63, 3.8) is 0 Å². The van der Waals surface area contributed by atoms with Gasteiger partial charge >= 0.3 is 0 Å². The molecule has 1 N–H and O–H groups in total. The molecule has 94 valence electrons. The molecule has 17 heavy (non-hydrogen) atoms. The van der Waals surface area contributed by atoms with Crippen molar-refractivity contribution < 1.29 is 4.74 Å². The van der Waals surface area contributed by atoms with Crippen LogP contribution in [0.2, 0.25) is 0 Å². The molecule has 0 bridgehead atoms. The highest BCUT2D eigenvalue weighted by atomic mass is 16.5. The third-order valence-corrected chi connectivity index (χ3v) is 3.07. The van der Waals surface area contributed by atoms with Gasteiger partial charge in [0.1, 0.15) is 0 Å². The first-order chi connectivity index (χ1) is 8.27. The van der Waals surface area contributed by atoms with E-state index in [4.69, 9.17) is 4.74 Å². The predicted molar refractivity (Wildman–Crippen MR) is 66.2 cm³/mol. The van der Waals surface area contributed by atoms with Gasteiger partial charge in [0.2, 0.25) is 0 Å². The van der Waals surface area contributed by atoms with E-state index >= 15 is 0 Å². The van der Waals surface area contributed by atoms with E-state index in [-0.39, 0.29) is 5.56 Å². The van der Waals surface area contributed by atoms with Crippen molar-refractivity contribution in [3.8, 4) is 0 Å². The smallest absolute Gasteiger partial charge is 0.293 e. The van der Waals surface area contributed by atoms with Gasteiger partial charge in [-0.1, -0.05) is 12.8 Å². The Morgan fingerprint density at radius 2 is 2.29 bits per heavy atom. The van der Waals surface area contributed by atoms with Crippen molar-refractivity contribution in [1.82, 2.24) is 9.55 Å². The number of nitrogens with one attached hydrogen (secondary N) is 1. The minimum absolute atomic E-state index is 0.103. The van der Waals surface area contributed by atoms with Crippen LogP contribution in [-0.2, 0) is 11.8 Å². The highest BCUT2D eigenvalue weighted by Crippen LogP contribution is 2.20. The lowest BCUT2D eigenvalue weighted by Crippen LogP contribution is -2.24. The predicted octanol–water partition coefficient (Wildman–Crippen LogP) is 1.15.